The molecule has 1 aliphatic rings. The molecule has 0 aliphatic carbocycles. The van der Waals surface area contributed by atoms with Crippen LogP contribution >= 0.6 is 0 Å². The van der Waals surface area contributed by atoms with Crippen molar-refractivity contribution in [1.29, 1.82) is 0 Å². The summed E-state index contributed by atoms with van der Waals surface area (Å²) in [5.41, 5.74) is 12.0. The van der Waals surface area contributed by atoms with Gasteiger partial charge < -0.3 is 25.4 Å². The molecular weight excluding hydrogens is 479 g/mol. The quantitative estimate of drug-likeness (QED) is 0.324. The summed E-state index contributed by atoms with van der Waals surface area (Å²) in [5, 5.41) is 3.34. The number of nitrogens with one attached hydrogen (secondary N) is 1. The molecule has 7 heteroatoms. The standard InChI is InChI=1S/C31H37FN4O2/c1-21-5-7-25(8-6-21)22(2)18-36(20-24-12-15-38-16-13-24)19-23(3)35-26-9-10-27(28(32)17-26)30-29(37-4)11-14-34-31(30)33/h5-11,14,17-19,24,35H,12-13,15-16,20H2,1-4H3,(H2,33,34)/b22-18+,23-19+. The number of anilines is 2. The molecule has 1 aromatic heterocycles. The van der Waals surface area contributed by atoms with Crippen molar-refractivity contribution in [2.45, 2.75) is 33.6 Å². The maximum Gasteiger partial charge on any atom is 0.135 e. The Labute approximate surface area is 225 Å². The lowest BCUT2D eigenvalue weighted by Gasteiger charge is -2.28. The third kappa shape index (κ3) is 6.92. The molecule has 3 aromatic rings. The molecule has 0 spiro atoms. The van der Waals surface area contributed by atoms with Crippen LogP contribution in [-0.4, -0.2) is 36.8 Å². The highest BCUT2D eigenvalue weighted by Gasteiger charge is 2.17. The molecule has 2 aromatic carbocycles. The summed E-state index contributed by atoms with van der Waals surface area (Å²) in [5.74, 6) is 0.841. The van der Waals surface area contributed by atoms with E-state index in [1.54, 1.807) is 18.3 Å². The number of aromatic nitrogens is 1. The largest absolute Gasteiger partial charge is 0.496 e. The van der Waals surface area contributed by atoms with Crippen molar-refractivity contribution >= 4 is 17.1 Å². The molecule has 0 atom stereocenters. The van der Waals surface area contributed by atoms with Gasteiger partial charge in [0.05, 0.1) is 12.7 Å². The molecule has 3 N–H and O–H groups in total. The topological polar surface area (TPSA) is 72.6 Å². The molecule has 2 heterocycles. The number of ether oxygens (including phenoxy) is 2. The Kier molecular flexibility index (Phi) is 9.02. The molecule has 38 heavy (non-hydrogen) atoms. The fourth-order valence-electron chi connectivity index (χ4n) is 4.71. The Morgan fingerprint density at radius 2 is 1.87 bits per heavy atom. The van der Waals surface area contributed by atoms with E-state index in [1.165, 1.54) is 29.9 Å². The SMILES string of the molecule is COc1ccnc(N)c1-c1ccc(N/C(C)=C/N(/C=C(\C)c2ccc(C)cc2)CC2CCOCC2)cc1F. The fourth-order valence-corrected chi connectivity index (χ4v) is 4.71. The number of methoxy groups -OCH3 is 1. The van der Waals surface area contributed by atoms with Gasteiger partial charge in [0.15, 0.2) is 0 Å². The average molecular weight is 517 g/mol. The van der Waals surface area contributed by atoms with Gasteiger partial charge in [0.2, 0.25) is 0 Å². The lowest BCUT2D eigenvalue weighted by molar-refractivity contribution is 0.0611. The first kappa shape index (κ1) is 27.2. The van der Waals surface area contributed by atoms with Crippen LogP contribution in [0.25, 0.3) is 16.7 Å². The normalized spacial score (nSPS) is 14.9. The summed E-state index contributed by atoms with van der Waals surface area (Å²) < 4.78 is 26.1. The van der Waals surface area contributed by atoms with Crippen molar-refractivity contribution in [1.82, 2.24) is 9.88 Å². The minimum Gasteiger partial charge on any atom is -0.496 e. The summed E-state index contributed by atoms with van der Waals surface area (Å²) in [4.78, 5) is 6.33. The number of pyridine rings is 1. The van der Waals surface area contributed by atoms with E-state index in [4.69, 9.17) is 15.2 Å². The Bertz CT molecular complexity index is 1300. The van der Waals surface area contributed by atoms with Gasteiger partial charge in [0.25, 0.3) is 0 Å². The average Bonchev–Trinajstić information content (AvgIpc) is 2.90. The Balaban J connectivity index is 1.56. The molecule has 0 bridgehead atoms. The van der Waals surface area contributed by atoms with Gasteiger partial charge in [-0.15, -0.1) is 0 Å². The van der Waals surface area contributed by atoms with Crippen LogP contribution in [0.4, 0.5) is 15.9 Å². The summed E-state index contributed by atoms with van der Waals surface area (Å²) >= 11 is 0. The molecule has 0 unspecified atom stereocenters. The highest BCUT2D eigenvalue weighted by Crippen LogP contribution is 2.36. The summed E-state index contributed by atoms with van der Waals surface area (Å²) in [6, 6.07) is 15.2. The third-order valence-electron chi connectivity index (χ3n) is 6.78. The van der Waals surface area contributed by atoms with Crippen LogP contribution in [0.15, 0.2) is 72.8 Å². The van der Waals surface area contributed by atoms with Crippen molar-refractivity contribution in [2.24, 2.45) is 5.92 Å². The lowest BCUT2D eigenvalue weighted by Crippen LogP contribution is -2.26. The Morgan fingerprint density at radius 1 is 1.13 bits per heavy atom. The number of nitrogen functional groups attached to an aromatic ring is 1. The number of hydrogen-bond donors (Lipinski definition) is 2. The van der Waals surface area contributed by atoms with E-state index in [2.05, 4.69) is 65.7 Å². The van der Waals surface area contributed by atoms with Crippen LogP contribution in [0.3, 0.4) is 0 Å². The molecule has 6 nitrogen and oxygen atoms in total. The summed E-state index contributed by atoms with van der Waals surface area (Å²) in [7, 11) is 1.53. The van der Waals surface area contributed by atoms with E-state index in [0.29, 0.717) is 28.5 Å². The number of rotatable bonds is 9. The molecule has 0 saturated carbocycles. The van der Waals surface area contributed by atoms with E-state index in [9.17, 15) is 0 Å². The Hall–Kier alpha value is -3.84. The van der Waals surface area contributed by atoms with Gasteiger partial charge in [-0.25, -0.2) is 9.37 Å². The molecule has 1 fully saturated rings. The van der Waals surface area contributed by atoms with Gasteiger partial charge >= 0.3 is 0 Å². The molecule has 200 valence electrons. The monoisotopic (exact) mass is 516 g/mol. The second-order valence-corrected chi connectivity index (χ2v) is 9.84. The van der Waals surface area contributed by atoms with Crippen LogP contribution < -0.4 is 15.8 Å². The fraction of sp³-hybridized carbons (Fsp3) is 0.323. The highest BCUT2D eigenvalue weighted by atomic mass is 19.1. The number of allylic oxidation sites excluding steroid dienone is 2. The zero-order valence-corrected chi connectivity index (χ0v) is 22.6. The molecular formula is C31H37FN4O2. The smallest absolute Gasteiger partial charge is 0.135 e. The predicted molar refractivity (Wildman–Crippen MR) is 153 cm³/mol. The molecule has 4 rings (SSSR count). The van der Waals surface area contributed by atoms with Crippen molar-refractivity contribution in [3.63, 3.8) is 0 Å². The van der Waals surface area contributed by atoms with E-state index in [-0.39, 0.29) is 5.82 Å². The van der Waals surface area contributed by atoms with E-state index in [0.717, 1.165) is 38.3 Å². The maximum atomic E-state index is 15.2. The van der Waals surface area contributed by atoms with E-state index < -0.39 is 5.82 Å². The second kappa shape index (κ2) is 12.6. The molecule has 1 aliphatic heterocycles. The van der Waals surface area contributed by atoms with Gasteiger partial charge in [-0.2, -0.15) is 0 Å². The predicted octanol–water partition coefficient (Wildman–Crippen LogP) is 6.85. The first-order chi connectivity index (χ1) is 18.3. The van der Waals surface area contributed by atoms with Crippen LogP contribution in [0.1, 0.15) is 37.8 Å². The number of nitrogens with zero attached hydrogens (tertiary/aromatic N) is 2. The third-order valence-corrected chi connectivity index (χ3v) is 6.78. The van der Waals surface area contributed by atoms with Gasteiger partial charge in [-0.3, -0.25) is 0 Å². The number of aryl methyl sites for hydroxylation is 1. The van der Waals surface area contributed by atoms with Gasteiger partial charge in [0, 0.05) is 55.3 Å². The van der Waals surface area contributed by atoms with Crippen molar-refractivity contribution in [3.05, 3.63) is 89.8 Å². The van der Waals surface area contributed by atoms with Gasteiger partial charge in [-0.05, 0) is 74.9 Å². The molecule has 0 radical (unpaired) electrons. The van der Waals surface area contributed by atoms with Crippen LogP contribution in [0.5, 0.6) is 5.75 Å². The number of benzene rings is 2. The lowest BCUT2D eigenvalue weighted by atomic mass is 9.99. The van der Waals surface area contributed by atoms with Crippen molar-refractivity contribution in [2.75, 3.05) is 37.9 Å². The van der Waals surface area contributed by atoms with E-state index in [1.807, 2.05) is 13.0 Å². The van der Waals surface area contributed by atoms with Crippen molar-refractivity contribution < 1.29 is 13.9 Å². The maximum absolute atomic E-state index is 15.2. The van der Waals surface area contributed by atoms with Gasteiger partial charge in [-0.1, -0.05) is 29.8 Å². The first-order valence-corrected chi connectivity index (χ1v) is 13.0. The highest BCUT2D eigenvalue weighted by molar-refractivity contribution is 5.81. The molecule has 0 amide bonds. The van der Waals surface area contributed by atoms with Crippen molar-refractivity contribution in [3.8, 4) is 16.9 Å². The number of hydrogen-bond acceptors (Lipinski definition) is 6. The number of nitrogens with two attached hydrogens (primary N) is 1. The van der Waals surface area contributed by atoms with Crippen LogP contribution in [0, 0.1) is 18.7 Å². The summed E-state index contributed by atoms with van der Waals surface area (Å²) in [6.45, 7) is 8.70. The van der Waals surface area contributed by atoms with E-state index >= 15 is 4.39 Å². The number of halogens is 1. The zero-order chi connectivity index (χ0) is 27.1. The first-order valence-electron chi connectivity index (χ1n) is 13.0. The molecule has 1 saturated heterocycles. The van der Waals surface area contributed by atoms with Crippen LogP contribution in [0.2, 0.25) is 0 Å². The van der Waals surface area contributed by atoms with Gasteiger partial charge in [0.1, 0.15) is 17.4 Å². The minimum absolute atomic E-state index is 0.222. The summed E-state index contributed by atoms with van der Waals surface area (Å²) in [6.07, 6.45) is 7.90. The zero-order valence-electron chi connectivity index (χ0n) is 22.6. The Morgan fingerprint density at radius 3 is 2.55 bits per heavy atom. The van der Waals surface area contributed by atoms with Crippen LogP contribution in [-0.2, 0) is 4.74 Å². The minimum atomic E-state index is -0.407. The second-order valence-electron chi connectivity index (χ2n) is 9.84.